The fourth-order valence-corrected chi connectivity index (χ4v) is 3.57. The van der Waals surface area contributed by atoms with Crippen LogP contribution < -0.4 is 4.90 Å². The summed E-state index contributed by atoms with van der Waals surface area (Å²) < 4.78 is 0. The van der Waals surface area contributed by atoms with Crippen LogP contribution in [0.2, 0.25) is 0 Å². The van der Waals surface area contributed by atoms with E-state index in [9.17, 15) is 15.0 Å². The highest BCUT2D eigenvalue weighted by atomic mass is 16.3. The van der Waals surface area contributed by atoms with Gasteiger partial charge in [0, 0.05) is 16.8 Å². The first-order valence-electron chi connectivity index (χ1n) is 8.49. The van der Waals surface area contributed by atoms with E-state index in [2.05, 4.69) is 9.97 Å². The Balaban J connectivity index is 1.91. The molecule has 4 rings (SSSR count). The number of aromatic nitrogens is 2. The highest BCUT2D eigenvalue weighted by molar-refractivity contribution is 6.09. The summed E-state index contributed by atoms with van der Waals surface area (Å²) in [6.07, 6.45) is 2.09. The second-order valence-electron chi connectivity index (χ2n) is 6.47. The van der Waals surface area contributed by atoms with E-state index in [4.69, 9.17) is 0 Å². The predicted octanol–water partition coefficient (Wildman–Crippen LogP) is 3.89. The number of benzene rings is 2. The van der Waals surface area contributed by atoms with Crippen LogP contribution in [0.5, 0.6) is 5.75 Å². The van der Waals surface area contributed by atoms with Gasteiger partial charge in [0.1, 0.15) is 5.75 Å². The number of rotatable bonds is 3. The smallest absolute Gasteiger partial charge is 0.293 e. The van der Waals surface area contributed by atoms with Crippen molar-refractivity contribution in [3.63, 3.8) is 0 Å². The maximum absolute atomic E-state index is 12.8. The summed E-state index contributed by atoms with van der Waals surface area (Å²) in [4.78, 5) is 21.6. The van der Waals surface area contributed by atoms with Crippen molar-refractivity contribution in [2.75, 3.05) is 4.90 Å². The number of aryl methyl sites for hydroxylation is 1. The Morgan fingerprint density at radius 1 is 1.19 bits per heavy atom. The quantitative estimate of drug-likeness (QED) is 0.669. The molecule has 1 aliphatic rings. The van der Waals surface area contributed by atoms with Gasteiger partial charge in [0.25, 0.3) is 5.91 Å². The van der Waals surface area contributed by atoms with Crippen molar-refractivity contribution in [2.45, 2.75) is 26.3 Å². The molecule has 1 amide bonds. The summed E-state index contributed by atoms with van der Waals surface area (Å²) in [5, 5.41) is 20.9. The molecule has 1 aliphatic heterocycles. The number of amides is 1. The van der Waals surface area contributed by atoms with Gasteiger partial charge in [0.15, 0.2) is 5.76 Å². The normalized spacial score (nSPS) is 17.5. The van der Waals surface area contributed by atoms with Gasteiger partial charge in [-0.15, -0.1) is 0 Å². The molecule has 0 saturated carbocycles. The monoisotopic (exact) mass is 349 g/mol. The third-order valence-corrected chi connectivity index (χ3v) is 4.85. The molecule has 0 fully saturated rings. The SMILES string of the molecule is CCC1=C(O)C(=O)N(c2ccc3nc[nH]c3c2)[C@@H]1c1cc(C)ccc1O. The molecule has 0 radical (unpaired) electrons. The van der Waals surface area contributed by atoms with E-state index >= 15 is 0 Å². The molecule has 1 aromatic heterocycles. The molecule has 26 heavy (non-hydrogen) atoms. The topological polar surface area (TPSA) is 89.5 Å². The Labute approximate surface area is 150 Å². The minimum atomic E-state index is -0.548. The van der Waals surface area contributed by atoms with Gasteiger partial charge in [-0.2, -0.15) is 0 Å². The number of fused-ring (bicyclic) bond motifs is 1. The van der Waals surface area contributed by atoms with Gasteiger partial charge in [-0.25, -0.2) is 4.98 Å². The first kappa shape index (κ1) is 16.2. The van der Waals surface area contributed by atoms with Crippen molar-refractivity contribution >= 4 is 22.6 Å². The minimum Gasteiger partial charge on any atom is -0.508 e. The number of aromatic amines is 1. The first-order chi connectivity index (χ1) is 12.5. The van der Waals surface area contributed by atoms with Crippen LogP contribution in [0.15, 0.2) is 54.1 Å². The van der Waals surface area contributed by atoms with Crippen LogP contribution >= 0.6 is 0 Å². The van der Waals surface area contributed by atoms with Crippen molar-refractivity contribution in [3.05, 3.63) is 65.2 Å². The summed E-state index contributed by atoms with van der Waals surface area (Å²) in [5.74, 6) is -0.614. The number of aliphatic hydroxyl groups is 1. The fourth-order valence-electron chi connectivity index (χ4n) is 3.57. The van der Waals surface area contributed by atoms with Crippen LogP contribution in [-0.4, -0.2) is 26.1 Å². The number of carbonyl (C=O) groups excluding carboxylic acids is 1. The average Bonchev–Trinajstić information content (AvgIpc) is 3.19. The Hall–Kier alpha value is -3.28. The number of phenolic OH excluding ortho intramolecular Hbond substituents is 1. The van der Waals surface area contributed by atoms with Gasteiger partial charge < -0.3 is 15.2 Å². The molecule has 0 bridgehead atoms. The van der Waals surface area contributed by atoms with Crippen molar-refractivity contribution in [1.29, 1.82) is 0 Å². The van der Waals surface area contributed by atoms with Crippen LogP contribution in [0.3, 0.4) is 0 Å². The van der Waals surface area contributed by atoms with Crippen LogP contribution in [-0.2, 0) is 4.79 Å². The molecule has 0 saturated heterocycles. The van der Waals surface area contributed by atoms with Crippen molar-refractivity contribution < 1.29 is 15.0 Å². The van der Waals surface area contributed by atoms with Crippen LogP contribution in [0.1, 0.15) is 30.5 Å². The fraction of sp³-hybridized carbons (Fsp3) is 0.200. The van der Waals surface area contributed by atoms with Crippen LogP contribution in [0.25, 0.3) is 11.0 Å². The second kappa shape index (κ2) is 5.91. The molecule has 2 aromatic carbocycles. The van der Waals surface area contributed by atoms with E-state index in [-0.39, 0.29) is 11.5 Å². The van der Waals surface area contributed by atoms with Gasteiger partial charge in [-0.3, -0.25) is 9.69 Å². The minimum absolute atomic E-state index is 0.0988. The molecule has 0 spiro atoms. The number of phenols is 1. The molecule has 2 heterocycles. The molecule has 6 nitrogen and oxygen atoms in total. The van der Waals surface area contributed by atoms with E-state index in [1.54, 1.807) is 18.5 Å². The molecule has 132 valence electrons. The Bertz CT molecular complexity index is 1050. The average molecular weight is 349 g/mol. The molecular weight excluding hydrogens is 330 g/mol. The van der Waals surface area contributed by atoms with Crippen molar-refractivity contribution in [3.8, 4) is 5.75 Å². The maximum Gasteiger partial charge on any atom is 0.293 e. The van der Waals surface area contributed by atoms with E-state index in [1.165, 1.54) is 4.90 Å². The van der Waals surface area contributed by atoms with Crippen molar-refractivity contribution in [1.82, 2.24) is 9.97 Å². The molecular formula is C20H19N3O3. The molecule has 0 unspecified atom stereocenters. The summed E-state index contributed by atoms with van der Waals surface area (Å²) in [5.41, 5.74) is 4.39. The van der Waals surface area contributed by atoms with E-state index in [0.29, 0.717) is 23.2 Å². The third-order valence-electron chi connectivity index (χ3n) is 4.85. The zero-order valence-electron chi connectivity index (χ0n) is 14.5. The van der Waals surface area contributed by atoms with Gasteiger partial charge in [0.2, 0.25) is 0 Å². The first-order valence-corrected chi connectivity index (χ1v) is 8.49. The zero-order chi connectivity index (χ0) is 18.4. The third kappa shape index (κ3) is 2.34. The lowest BCUT2D eigenvalue weighted by molar-refractivity contribution is -0.117. The van der Waals surface area contributed by atoms with E-state index < -0.39 is 11.9 Å². The standard InChI is InChI=1S/C20H19N3O3/c1-3-13-18(14-8-11(2)4-7-17(14)24)23(20(26)19(13)25)12-5-6-15-16(9-12)22-10-21-15/h4-10,18,24-25H,3H2,1-2H3,(H,21,22)/t18-/m0/s1. The van der Waals surface area contributed by atoms with Crippen LogP contribution in [0.4, 0.5) is 5.69 Å². The summed E-state index contributed by atoms with van der Waals surface area (Å²) in [7, 11) is 0. The zero-order valence-corrected chi connectivity index (χ0v) is 14.5. The molecule has 1 atom stereocenters. The molecule has 3 aromatic rings. The summed E-state index contributed by atoms with van der Waals surface area (Å²) in [6, 6.07) is 10.2. The number of carbonyl (C=O) groups is 1. The van der Waals surface area contributed by atoms with Crippen LogP contribution in [0, 0.1) is 6.92 Å². The molecule has 3 N–H and O–H groups in total. The maximum atomic E-state index is 12.8. The molecule has 0 aliphatic carbocycles. The van der Waals surface area contributed by atoms with Gasteiger partial charge in [0.05, 0.1) is 23.4 Å². The molecule has 6 heteroatoms. The Morgan fingerprint density at radius 3 is 2.77 bits per heavy atom. The van der Waals surface area contributed by atoms with Gasteiger partial charge >= 0.3 is 0 Å². The number of anilines is 1. The Kier molecular flexibility index (Phi) is 3.68. The number of aliphatic hydroxyl groups excluding tert-OH is 1. The van der Waals surface area contributed by atoms with E-state index in [1.807, 2.05) is 38.1 Å². The lowest BCUT2D eigenvalue weighted by Gasteiger charge is -2.28. The Morgan fingerprint density at radius 2 is 2.00 bits per heavy atom. The number of nitrogens with one attached hydrogen (secondary N) is 1. The lowest BCUT2D eigenvalue weighted by Crippen LogP contribution is -2.30. The second-order valence-corrected chi connectivity index (χ2v) is 6.47. The number of hydrogen-bond donors (Lipinski definition) is 3. The highest BCUT2D eigenvalue weighted by Crippen LogP contribution is 2.44. The number of hydrogen-bond acceptors (Lipinski definition) is 4. The predicted molar refractivity (Wildman–Crippen MR) is 99.1 cm³/mol. The van der Waals surface area contributed by atoms with E-state index in [0.717, 1.165) is 16.6 Å². The summed E-state index contributed by atoms with van der Waals surface area (Å²) >= 11 is 0. The number of nitrogens with zero attached hydrogens (tertiary/aromatic N) is 2. The number of aromatic hydroxyl groups is 1. The number of H-pyrrole nitrogens is 1. The largest absolute Gasteiger partial charge is 0.508 e. The van der Waals surface area contributed by atoms with Gasteiger partial charge in [-0.05, 0) is 43.7 Å². The van der Waals surface area contributed by atoms with Crippen molar-refractivity contribution in [2.24, 2.45) is 0 Å². The summed E-state index contributed by atoms with van der Waals surface area (Å²) in [6.45, 7) is 3.82. The lowest BCUT2D eigenvalue weighted by atomic mass is 9.95. The highest BCUT2D eigenvalue weighted by Gasteiger charge is 2.41. The number of imidazole rings is 1. The van der Waals surface area contributed by atoms with Gasteiger partial charge in [-0.1, -0.05) is 18.6 Å².